The first-order valence-electron chi connectivity index (χ1n) is 6.57. The highest BCUT2D eigenvalue weighted by molar-refractivity contribution is 5.25. The van der Waals surface area contributed by atoms with E-state index in [2.05, 4.69) is 49.9 Å². The zero-order valence-corrected chi connectivity index (χ0v) is 12.4. The van der Waals surface area contributed by atoms with Crippen molar-refractivity contribution in [1.82, 2.24) is 15.3 Å². The summed E-state index contributed by atoms with van der Waals surface area (Å²) in [6.07, 6.45) is 1.78. The summed E-state index contributed by atoms with van der Waals surface area (Å²) < 4.78 is 5.57. The lowest BCUT2D eigenvalue weighted by Gasteiger charge is -2.21. The summed E-state index contributed by atoms with van der Waals surface area (Å²) >= 11 is 0. The molecule has 1 rings (SSSR count). The quantitative estimate of drug-likeness (QED) is 0.874. The Labute approximate surface area is 110 Å². The third-order valence-electron chi connectivity index (χ3n) is 2.45. The number of aromatic nitrogens is 2. The van der Waals surface area contributed by atoms with Gasteiger partial charge in [0.05, 0.1) is 18.5 Å². The lowest BCUT2D eigenvalue weighted by molar-refractivity contribution is 0.327. The van der Waals surface area contributed by atoms with Crippen LogP contribution >= 0.6 is 0 Å². The molecule has 4 heteroatoms. The molecule has 0 amide bonds. The standard InChI is InChI=1S/C14H25N3O/c1-7-18-12-9-15-13(10(2)3)17-11(12)8-16-14(4,5)6/h9-10,16H,7-8H2,1-6H3. The van der Waals surface area contributed by atoms with Crippen molar-refractivity contribution < 1.29 is 4.74 Å². The van der Waals surface area contributed by atoms with Crippen LogP contribution in [0.3, 0.4) is 0 Å². The molecule has 0 aliphatic rings. The number of rotatable bonds is 5. The van der Waals surface area contributed by atoms with Crippen molar-refractivity contribution in [2.75, 3.05) is 6.61 Å². The van der Waals surface area contributed by atoms with Crippen LogP contribution in [-0.4, -0.2) is 22.1 Å². The Kier molecular flexibility index (Phi) is 5.08. The maximum atomic E-state index is 5.57. The molecule has 0 radical (unpaired) electrons. The van der Waals surface area contributed by atoms with Gasteiger partial charge in [0.1, 0.15) is 5.82 Å². The minimum absolute atomic E-state index is 0.0619. The fraction of sp³-hybridized carbons (Fsp3) is 0.714. The lowest BCUT2D eigenvalue weighted by atomic mass is 10.1. The van der Waals surface area contributed by atoms with Gasteiger partial charge in [-0.1, -0.05) is 13.8 Å². The summed E-state index contributed by atoms with van der Waals surface area (Å²) in [6.45, 7) is 13.9. The molecule has 1 N–H and O–H groups in total. The maximum Gasteiger partial charge on any atom is 0.160 e. The molecule has 1 aromatic heterocycles. The van der Waals surface area contributed by atoms with E-state index in [0.29, 0.717) is 19.1 Å². The van der Waals surface area contributed by atoms with E-state index in [-0.39, 0.29) is 5.54 Å². The molecule has 0 spiro atoms. The van der Waals surface area contributed by atoms with Crippen LogP contribution in [0.15, 0.2) is 6.20 Å². The first-order valence-corrected chi connectivity index (χ1v) is 6.57. The molecular formula is C14H25N3O. The summed E-state index contributed by atoms with van der Waals surface area (Å²) in [7, 11) is 0. The number of hydrogen-bond acceptors (Lipinski definition) is 4. The SMILES string of the molecule is CCOc1cnc(C(C)C)nc1CNC(C)(C)C. The monoisotopic (exact) mass is 251 g/mol. The van der Waals surface area contributed by atoms with Crippen molar-refractivity contribution in [2.45, 2.75) is 59.5 Å². The molecule has 0 aromatic carbocycles. The Morgan fingerprint density at radius 3 is 2.50 bits per heavy atom. The number of nitrogens with zero attached hydrogens (tertiary/aromatic N) is 2. The molecule has 0 aliphatic carbocycles. The van der Waals surface area contributed by atoms with Gasteiger partial charge in [-0.05, 0) is 27.7 Å². The fourth-order valence-electron chi connectivity index (χ4n) is 1.45. The summed E-state index contributed by atoms with van der Waals surface area (Å²) in [6, 6.07) is 0. The summed E-state index contributed by atoms with van der Waals surface area (Å²) in [5.41, 5.74) is 0.998. The third kappa shape index (κ3) is 4.61. The molecule has 0 saturated carbocycles. The van der Waals surface area contributed by atoms with E-state index in [1.165, 1.54) is 0 Å². The second-order valence-electron chi connectivity index (χ2n) is 5.73. The minimum Gasteiger partial charge on any atom is -0.490 e. The van der Waals surface area contributed by atoms with Gasteiger partial charge in [-0.3, -0.25) is 0 Å². The van der Waals surface area contributed by atoms with Crippen molar-refractivity contribution in [3.63, 3.8) is 0 Å². The van der Waals surface area contributed by atoms with Gasteiger partial charge in [-0.15, -0.1) is 0 Å². The summed E-state index contributed by atoms with van der Waals surface area (Å²) in [5.74, 6) is 1.97. The average molecular weight is 251 g/mol. The molecule has 0 bridgehead atoms. The molecule has 0 aliphatic heterocycles. The van der Waals surface area contributed by atoms with Crippen LogP contribution in [-0.2, 0) is 6.54 Å². The van der Waals surface area contributed by atoms with E-state index in [9.17, 15) is 0 Å². The molecular weight excluding hydrogens is 226 g/mol. The van der Waals surface area contributed by atoms with Gasteiger partial charge in [-0.2, -0.15) is 0 Å². The van der Waals surface area contributed by atoms with Crippen LogP contribution in [0.5, 0.6) is 5.75 Å². The van der Waals surface area contributed by atoms with Gasteiger partial charge in [0.25, 0.3) is 0 Å². The van der Waals surface area contributed by atoms with Crippen LogP contribution in [0.1, 0.15) is 59.0 Å². The predicted octanol–water partition coefficient (Wildman–Crippen LogP) is 2.89. The zero-order chi connectivity index (χ0) is 13.8. The molecule has 0 fully saturated rings. The molecule has 102 valence electrons. The van der Waals surface area contributed by atoms with Crippen LogP contribution in [0.4, 0.5) is 0 Å². The van der Waals surface area contributed by atoms with E-state index < -0.39 is 0 Å². The Balaban J connectivity index is 2.92. The minimum atomic E-state index is 0.0619. The Bertz CT molecular complexity index is 383. The predicted molar refractivity (Wildman–Crippen MR) is 73.9 cm³/mol. The maximum absolute atomic E-state index is 5.57. The molecule has 1 heterocycles. The number of nitrogens with one attached hydrogen (secondary N) is 1. The highest BCUT2D eigenvalue weighted by atomic mass is 16.5. The van der Waals surface area contributed by atoms with Gasteiger partial charge < -0.3 is 10.1 Å². The molecule has 0 atom stereocenters. The second-order valence-corrected chi connectivity index (χ2v) is 5.73. The summed E-state index contributed by atoms with van der Waals surface area (Å²) in [4.78, 5) is 8.93. The number of ether oxygens (including phenoxy) is 1. The highest BCUT2D eigenvalue weighted by Gasteiger charge is 2.14. The molecule has 4 nitrogen and oxygen atoms in total. The van der Waals surface area contributed by atoms with Crippen molar-refractivity contribution in [3.05, 3.63) is 17.7 Å². The lowest BCUT2D eigenvalue weighted by Crippen LogP contribution is -2.35. The van der Waals surface area contributed by atoms with E-state index in [0.717, 1.165) is 17.3 Å². The first-order chi connectivity index (χ1) is 8.33. The van der Waals surface area contributed by atoms with Gasteiger partial charge in [0, 0.05) is 18.0 Å². The fourth-order valence-corrected chi connectivity index (χ4v) is 1.45. The van der Waals surface area contributed by atoms with Crippen molar-refractivity contribution in [3.8, 4) is 5.75 Å². The van der Waals surface area contributed by atoms with E-state index in [4.69, 9.17) is 4.74 Å². The highest BCUT2D eigenvalue weighted by Crippen LogP contribution is 2.19. The molecule has 1 aromatic rings. The Morgan fingerprint density at radius 2 is 2.00 bits per heavy atom. The number of hydrogen-bond donors (Lipinski definition) is 1. The topological polar surface area (TPSA) is 47.0 Å². The van der Waals surface area contributed by atoms with Crippen LogP contribution in [0.2, 0.25) is 0 Å². The smallest absolute Gasteiger partial charge is 0.160 e. The second kappa shape index (κ2) is 6.14. The normalized spacial score (nSPS) is 11.9. The van der Waals surface area contributed by atoms with Crippen molar-refractivity contribution >= 4 is 0 Å². The van der Waals surface area contributed by atoms with E-state index in [1.807, 2.05) is 6.92 Å². The van der Waals surface area contributed by atoms with Crippen LogP contribution < -0.4 is 10.1 Å². The molecule has 0 unspecified atom stereocenters. The Hall–Kier alpha value is -1.16. The van der Waals surface area contributed by atoms with E-state index in [1.54, 1.807) is 6.20 Å². The van der Waals surface area contributed by atoms with Gasteiger partial charge in [0.15, 0.2) is 5.75 Å². The van der Waals surface area contributed by atoms with Crippen molar-refractivity contribution in [1.29, 1.82) is 0 Å². The largest absolute Gasteiger partial charge is 0.490 e. The molecule has 0 saturated heterocycles. The van der Waals surface area contributed by atoms with E-state index >= 15 is 0 Å². The summed E-state index contributed by atoms with van der Waals surface area (Å²) in [5, 5.41) is 3.43. The van der Waals surface area contributed by atoms with Crippen LogP contribution in [0, 0.1) is 0 Å². The van der Waals surface area contributed by atoms with Gasteiger partial charge in [0.2, 0.25) is 0 Å². The first kappa shape index (κ1) is 14.9. The van der Waals surface area contributed by atoms with Gasteiger partial charge in [-0.25, -0.2) is 9.97 Å². The average Bonchev–Trinajstić information content (AvgIpc) is 2.26. The molecule has 18 heavy (non-hydrogen) atoms. The zero-order valence-electron chi connectivity index (χ0n) is 12.4. The Morgan fingerprint density at radius 1 is 1.33 bits per heavy atom. The third-order valence-corrected chi connectivity index (χ3v) is 2.45. The van der Waals surface area contributed by atoms with Crippen LogP contribution in [0.25, 0.3) is 0 Å². The van der Waals surface area contributed by atoms with Crippen molar-refractivity contribution in [2.24, 2.45) is 0 Å². The van der Waals surface area contributed by atoms with Gasteiger partial charge >= 0.3 is 0 Å².